The van der Waals surface area contributed by atoms with Crippen LogP contribution in [0.25, 0.3) is 0 Å². The molecule has 0 aliphatic heterocycles. The number of carbonyl (C=O) groups excluding carboxylic acids is 2. The monoisotopic (exact) mass is 332 g/mol. The lowest BCUT2D eigenvalue weighted by Gasteiger charge is -2.08. The molecule has 0 unspecified atom stereocenters. The van der Waals surface area contributed by atoms with Gasteiger partial charge in [-0.05, 0) is 42.7 Å². The molecular formula is C18H18F2N2O2. The molecule has 0 spiro atoms. The van der Waals surface area contributed by atoms with Gasteiger partial charge in [-0.1, -0.05) is 31.5 Å². The highest BCUT2D eigenvalue weighted by atomic mass is 19.1. The SMILES string of the molecule is CCCCc1ccc(NC(=O)NC(=O)c2c(F)cccc2F)cc1. The van der Waals surface area contributed by atoms with Gasteiger partial charge in [-0.2, -0.15) is 0 Å². The Morgan fingerprint density at radius 2 is 1.62 bits per heavy atom. The van der Waals surface area contributed by atoms with Crippen LogP contribution in [0, 0.1) is 11.6 Å². The second-order valence-corrected chi connectivity index (χ2v) is 5.31. The standard InChI is InChI=1S/C18H18F2N2O2/c1-2-3-5-12-8-10-13(11-9-12)21-18(24)22-17(23)16-14(19)6-4-7-15(16)20/h4,6-11H,2-3,5H2,1H3,(H2,21,22,23,24). The van der Waals surface area contributed by atoms with Gasteiger partial charge in [-0.15, -0.1) is 0 Å². The molecule has 0 radical (unpaired) electrons. The van der Waals surface area contributed by atoms with Crippen LogP contribution < -0.4 is 10.6 Å². The van der Waals surface area contributed by atoms with Gasteiger partial charge in [-0.25, -0.2) is 13.6 Å². The summed E-state index contributed by atoms with van der Waals surface area (Å²) < 4.78 is 27.0. The quantitative estimate of drug-likeness (QED) is 0.859. The normalized spacial score (nSPS) is 10.3. The number of urea groups is 1. The Morgan fingerprint density at radius 3 is 2.21 bits per heavy atom. The first-order valence-corrected chi connectivity index (χ1v) is 7.66. The molecule has 0 saturated carbocycles. The molecule has 4 nitrogen and oxygen atoms in total. The molecule has 0 aliphatic carbocycles. The first-order chi connectivity index (χ1) is 11.5. The minimum atomic E-state index is -1.14. The molecule has 2 N–H and O–H groups in total. The van der Waals surface area contributed by atoms with E-state index in [0.29, 0.717) is 5.69 Å². The maximum atomic E-state index is 13.5. The smallest absolute Gasteiger partial charge is 0.308 e. The Labute approximate surface area is 138 Å². The number of hydrogen-bond donors (Lipinski definition) is 2. The van der Waals surface area contributed by atoms with Crippen LogP contribution in [0.15, 0.2) is 42.5 Å². The molecular weight excluding hydrogens is 314 g/mol. The molecule has 0 aliphatic rings. The first-order valence-electron chi connectivity index (χ1n) is 7.66. The van der Waals surface area contributed by atoms with Gasteiger partial charge in [0.2, 0.25) is 0 Å². The van der Waals surface area contributed by atoms with E-state index in [1.54, 1.807) is 12.1 Å². The van der Waals surface area contributed by atoms with Gasteiger partial charge in [0.15, 0.2) is 0 Å². The van der Waals surface area contributed by atoms with Crippen molar-refractivity contribution in [2.24, 2.45) is 0 Å². The van der Waals surface area contributed by atoms with Gasteiger partial charge in [0.05, 0.1) is 0 Å². The number of imide groups is 1. The number of benzene rings is 2. The van der Waals surface area contributed by atoms with Crippen LogP contribution in [0.4, 0.5) is 19.3 Å². The molecule has 0 heterocycles. The predicted octanol–water partition coefficient (Wildman–Crippen LogP) is 4.27. The number of unbranched alkanes of at least 4 members (excludes halogenated alkanes) is 1. The average Bonchev–Trinajstić information content (AvgIpc) is 2.54. The van der Waals surface area contributed by atoms with E-state index >= 15 is 0 Å². The van der Waals surface area contributed by atoms with E-state index in [2.05, 4.69) is 12.2 Å². The zero-order chi connectivity index (χ0) is 17.5. The molecule has 126 valence electrons. The number of rotatable bonds is 5. The fourth-order valence-corrected chi connectivity index (χ4v) is 2.18. The van der Waals surface area contributed by atoms with Gasteiger partial charge in [-0.3, -0.25) is 10.1 Å². The number of halogens is 2. The third-order valence-corrected chi connectivity index (χ3v) is 3.45. The van der Waals surface area contributed by atoms with Crippen molar-refractivity contribution in [3.05, 3.63) is 65.2 Å². The van der Waals surface area contributed by atoms with E-state index in [-0.39, 0.29) is 0 Å². The second-order valence-electron chi connectivity index (χ2n) is 5.31. The summed E-state index contributed by atoms with van der Waals surface area (Å²) in [6, 6.07) is 9.35. The van der Waals surface area contributed by atoms with Crippen molar-refractivity contribution < 1.29 is 18.4 Å². The molecule has 3 amide bonds. The Kier molecular flexibility index (Phi) is 6.01. The summed E-state index contributed by atoms with van der Waals surface area (Å²) in [7, 11) is 0. The summed E-state index contributed by atoms with van der Waals surface area (Å²) in [5.74, 6) is -3.19. The minimum absolute atomic E-state index is 0.481. The zero-order valence-electron chi connectivity index (χ0n) is 13.2. The third-order valence-electron chi connectivity index (χ3n) is 3.45. The molecule has 2 aromatic rings. The highest BCUT2D eigenvalue weighted by Gasteiger charge is 2.19. The maximum absolute atomic E-state index is 13.5. The van der Waals surface area contributed by atoms with Crippen molar-refractivity contribution in [2.75, 3.05) is 5.32 Å². The van der Waals surface area contributed by atoms with Crippen LogP contribution in [0.3, 0.4) is 0 Å². The lowest BCUT2D eigenvalue weighted by Crippen LogP contribution is -2.35. The summed E-state index contributed by atoms with van der Waals surface area (Å²) in [5.41, 5.74) is 0.837. The Bertz CT molecular complexity index is 710. The van der Waals surface area contributed by atoms with Crippen molar-refractivity contribution in [1.82, 2.24) is 5.32 Å². The maximum Gasteiger partial charge on any atom is 0.326 e. The van der Waals surface area contributed by atoms with Crippen LogP contribution in [0.1, 0.15) is 35.7 Å². The summed E-state index contributed by atoms with van der Waals surface area (Å²) in [4.78, 5) is 23.6. The summed E-state index contributed by atoms with van der Waals surface area (Å²) in [6.45, 7) is 2.11. The fraction of sp³-hybridized carbons (Fsp3) is 0.222. The summed E-state index contributed by atoms with van der Waals surface area (Å²) >= 11 is 0. The van der Waals surface area contributed by atoms with E-state index in [1.165, 1.54) is 0 Å². The number of carbonyl (C=O) groups is 2. The zero-order valence-corrected chi connectivity index (χ0v) is 13.2. The largest absolute Gasteiger partial charge is 0.326 e. The molecule has 24 heavy (non-hydrogen) atoms. The topological polar surface area (TPSA) is 58.2 Å². The minimum Gasteiger partial charge on any atom is -0.308 e. The van der Waals surface area contributed by atoms with Gasteiger partial charge < -0.3 is 5.32 Å². The van der Waals surface area contributed by atoms with Crippen LogP contribution in [0.5, 0.6) is 0 Å². The lowest BCUT2D eigenvalue weighted by molar-refractivity contribution is 0.0959. The van der Waals surface area contributed by atoms with Crippen molar-refractivity contribution in [2.45, 2.75) is 26.2 Å². The molecule has 0 aromatic heterocycles. The Balaban J connectivity index is 1.96. The van der Waals surface area contributed by atoms with Crippen LogP contribution >= 0.6 is 0 Å². The highest BCUT2D eigenvalue weighted by Crippen LogP contribution is 2.13. The van der Waals surface area contributed by atoms with Crippen LogP contribution in [0.2, 0.25) is 0 Å². The van der Waals surface area contributed by atoms with E-state index in [9.17, 15) is 18.4 Å². The van der Waals surface area contributed by atoms with Gasteiger partial charge >= 0.3 is 6.03 Å². The Hall–Kier alpha value is -2.76. The van der Waals surface area contributed by atoms with E-state index in [0.717, 1.165) is 43.0 Å². The number of amides is 3. The van der Waals surface area contributed by atoms with Gasteiger partial charge in [0.25, 0.3) is 5.91 Å². The van der Waals surface area contributed by atoms with Crippen molar-refractivity contribution in [1.29, 1.82) is 0 Å². The number of anilines is 1. The summed E-state index contributed by atoms with van der Waals surface area (Å²) in [5, 5.41) is 4.36. The molecule has 2 aromatic carbocycles. The number of hydrogen-bond acceptors (Lipinski definition) is 2. The lowest BCUT2D eigenvalue weighted by atomic mass is 10.1. The first kappa shape index (κ1) is 17.6. The van der Waals surface area contributed by atoms with E-state index in [4.69, 9.17) is 0 Å². The van der Waals surface area contributed by atoms with Crippen LogP contribution in [-0.4, -0.2) is 11.9 Å². The summed E-state index contributed by atoms with van der Waals surface area (Å²) in [6.07, 6.45) is 3.13. The van der Waals surface area contributed by atoms with Crippen molar-refractivity contribution in [3.63, 3.8) is 0 Å². The fourth-order valence-electron chi connectivity index (χ4n) is 2.18. The molecule has 6 heteroatoms. The third kappa shape index (κ3) is 4.62. The van der Waals surface area contributed by atoms with E-state index < -0.39 is 29.1 Å². The highest BCUT2D eigenvalue weighted by molar-refractivity contribution is 6.08. The molecule has 0 atom stereocenters. The average molecular weight is 332 g/mol. The van der Waals surface area contributed by atoms with Crippen molar-refractivity contribution in [3.8, 4) is 0 Å². The number of aryl methyl sites for hydroxylation is 1. The molecule has 2 rings (SSSR count). The van der Waals surface area contributed by atoms with Crippen LogP contribution in [-0.2, 0) is 6.42 Å². The van der Waals surface area contributed by atoms with Crippen molar-refractivity contribution >= 4 is 17.6 Å². The van der Waals surface area contributed by atoms with E-state index in [1.807, 2.05) is 17.4 Å². The molecule has 0 saturated heterocycles. The molecule has 0 fully saturated rings. The second kappa shape index (κ2) is 8.19. The van der Waals surface area contributed by atoms with Gasteiger partial charge in [0, 0.05) is 5.69 Å². The van der Waals surface area contributed by atoms with Gasteiger partial charge in [0.1, 0.15) is 17.2 Å². The predicted molar refractivity (Wildman–Crippen MR) is 87.9 cm³/mol. The molecule has 0 bridgehead atoms. The number of nitrogens with one attached hydrogen (secondary N) is 2. The Morgan fingerprint density at radius 1 is 1.00 bits per heavy atom.